The molecule has 1 aliphatic heterocycles. The van der Waals surface area contributed by atoms with Crippen LogP contribution in [0.1, 0.15) is 33.1 Å². The fourth-order valence-electron chi connectivity index (χ4n) is 4.14. The molecule has 9 heteroatoms. The van der Waals surface area contributed by atoms with Crippen LogP contribution in [-0.2, 0) is 9.59 Å². The number of rotatable bonds is 9. The van der Waals surface area contributed by atoms with E-state index in [1.54, 1.807) is 13.1 Å². The van der Waals surface area contributed by atoms with Crippen molar-refractivity contribution in [2.45, 2.75) is 39.2 Å². The Morgan fingerprint density at radius 3 is 2.30 bits per heavy atom. The second kappa shape index (κ2) is 12.3. The van der Waals surface area contributed by atoms with Gasteiger partial charge in [0, 0.05) is 61.4 Å². The average molecular weight is 502 g/mol. The molecule has 0 unspecified atom stereocenters. The minimum absolute atomic E-state index is 0.230. The predicted octanol–water partition coefficient (Wildman–Crippen LogP) is 4.01. The number of hydrogen-bond acceptors (Lipinski definition) is 7. The van der Waals surface area contributed by atoms with Gasteiger partial charge in [-0.05, 0) is 55.8 Å². The Balaban J connectivity index is 1.34. The molecule has 1 aromatic heterocycles. The molecule has 4 N–H and O–H groups in total. The predicted molar refractivity (Wildman–Crippen MR) is 148 cm³/mol. The Hall–Kier alpha value is -3.98. The van der Waals surface area contributed by atoms with E-state index in [1.165, 1.54) is 0 Å². The summed E-state index contributed by atoms with van der Waals surface area (Å²) < 4.78 is 0. The number of aromatic nitrogens is 2. The molecule has 4 rings (SSSR count). The first-order valence-electron chi connectivity index (χ1n) is 12.8. The number of benzene rings is 2. The van der Waals surface area contributed by atoms with Crippen molar-refractivity contribution in [2.75, 3.05) is 41.7 Å². The van der Waals surface area contributed by atoms with Gasteiger partial charge in [0.15, 0.2) is 0 Å². The fraction of sp³-hybridized carbons (Fsp3) is 0.357. The molecular weight excluding hydrogens is 466 g/mol. The number of nitrogens with two attached hydrogens (primary N) is 1. The van der Waals surface area contributed by atoms with E-state index in [9.17, 15) is 9.59 Å². The molecule has 0 radical (unpaired) electrons. The first-order chi connectivity index (χ1) is 17.9. The second-order valence-corrected chi connectivity index (χ2v) is 9.26. The van der Waals surface area contributed by atoms with Crippen molar-refractivity contribution in [3.05, 3.63) is 60.8 Å². The molecule has 1 atom stereocenters. The Kier molecular flexibility index (Phi) is 8.68. The molecule has 0 spiro atoms. The van der Waals surface area contributed by atoms with Crippen molar-refractivity contribution < 1.29 is 9.59 Å². The Morgan fingerprint density at radius 2 is 1.65 bits per heavy atom. The van der Waals surface area contributed by atoms with Crippen molar-refractivity contribution in [3.8, 4) is 11.3 Å². The lowest BCUT2D eigenvalue weighted by atomic mass is 10.1. The van der Waals surface area contributed by atoms with Crippen LogP contribution in [0.25, 0.3) is 11.3 Å². The van der Waals surface area contributed by atoms with Crippen LogP contribution in [0.15, 0.2) is 60.8 Å². The third-order valence-corrected chi connectivity index (χ3v) is 6.38. The minimum Gasteiger partial charge on any atom is -0.368 e. The standard InChI is InChI=1S/C28H35N7O2/c1-3-4-5-26(36)35-18-16-34(17-19-35)24-12-10-23(11-13-24)32-28-30-15-14-25(33-28)21-6-8-22(9-7-21)31-27(37)20(2)29/h6-15,20H,3-5,16-19,29H2,1-2H3,(H,31,37)(H,30,32,33)/t20-/m1/s1. The number of nitrogens with one attached hydrogen (secondary N) is 2. The number of unbranched alkanes of at least 4 members (excludes halogenated alkanes) is 1. The summed E-state index contributed by atoms with van der Waals surface area (Å²) >= 11 is 0. The second-order valence-electron chi connectivity index (χ2n) is 9.26. The molecule has 37 heavy (non-hydrogen) atoms. The largest absolute Gasteiger partial charge is 0.368 e. The third-order valence-electron chi connectivity index (χ3n) is 6.38. The van der Waals surface area contributed by atoms with Gasteiger partial charge < -0.3 is 26.2 Å². The molecule has 1 fully saturated rings. The number of anilines is 4. The van der Waals surface area contributed by atoms with Gasteiger partial charge in [-0.3, -0.25) is 9.59 Å². The maximum Gasteiger partial charge on any atom is 0.240 e. The third kappa shape index (κ3) is 7.04. The van der Waals surface area contributed by atoms with E-state index in [-0.39, 0.29) is 11.8 Å². The monoisotopic (exact) mass is 501 g/mol. The van der Waals surface area contributed by atoms with Crippen molar-refractivity contribution >= 4 is 34.8 Å². The summed E-state index contributed by atoms with van der Waals surface area (Å²) in [6.45, 7) is 6.96. The zero-order valence-corrected chi connectivity index (χ0v) is 21.5. The lowest BCUT2D eigenvalue weighted by molar-refractivity contribution is -0.131. The first kappa shape index (κ1) is 26.1. The van der Waals surface area contributed by atoms with Gasteiger partial charge in [-0.25, -0.2) is 9.97 Å². The average Bonchev–Trinajstić information content (AvgIpc) is 2.93. The topological polar surface area (TPSA) is 116 Å². The molecule has 0 saturated carbocycles. The van der Waals surface area contributed by atoms with Crippen molar-refractivity contribution in [2.24, 2.45) is 5.73 Å². The Bertz CT molecular complexity index is 1190. The molecule has 0 bridgehead atoms. The van der Waals surface area contributed by atoms with E-state index in [0.717, 1.165) is 61.7 Å². The van der Waals surface area contributed by atoms with E-state index in [2.05, 4.69) is 44.6 Å². The number of piperazine rings is 1. The molecule has 1 saturated heterocycles. The van der Waals surface area contributed by atoms with E-state index in [0.29, 0.717) is 18.1 Å². The van der Waals surface area contributed by atoms with Gasteiger partial charge in [0.05, 0.1) is 11.7 Å². The van der Waals surface area contributed by atoms with Crippen molar-refractivity contribution in [3.63, 3.8) is 0 Å². The van der Waals surface area contributed by atoms with Gasteiger partial charge in [0.2, 0.25) is 17.8 Å². The SMILES string of the molecule is CCCCC(=O)N1CCN(c2ccc(Nc3nccc(-c4ccc(NC(=O)[C@@H](C)N)cc4)n3)cc2)CC1. The summed E-state index contributed by atoms with van der Waals surface area (Å²) in [4.78, 5) is 37.3. The summed E-state index contributed by atoms with van der Waals surface area (Å²) in [5.41, 5.74) is 10.00. The van der Waals surface area contributed by atoms with Gasteiger partial charge in [-0.2, -0.15) is 0 Å². The molecule has 3 aromatic rings. The quantitative estimate of drug-likeness (QED) is 0.406. The maximum absolute atomic E-state index is 12.3. The Morgan fingerprint density at radius 1 is 0.973 bits per heavy atom. The number of amides is 2. The highest BCUT2D eigenvalue weighted by atomic mass is 16.2. The molecule has 2 heterocycles. The summed E-state index contributed by atoms with van der Waals surface area (Å²) in [7, 11) is 0. The zero-order chi connectivity index (χ0) is 26.2. The lowest BCUT2D eigenvalue weighted by Gasteiger charge is -2.36. The maximum atomic E-state index is 12.3. The molecular formula is C28H35N7O2. The summed E-state index contributed by atoms with van der Waals surface area (Å²) in [6.07, 6.45) is 4.37. The van der Waals surface area contributed by atoms with Gasteiger partial charge in [0.25, 0.3) is 0 Å². The van der Waals surface area contributed by atoms with Crippen LogP contribution in [0.5, 0.6) is 0 Å². The fourth-order valence-corrected chi connectivity index (χ4v) is 4.14. The van der Waals surface area contributed by atoms with E-state index < -0.39 is 6.04 Å². The van der Waals surface area contributed by atoms with Crippen LogP contribution >= 0.6 is 0 Å². The highest BCUT2D eigenvalue weighted by Gasteiger charge is 2.20. The van der Waals surface area contributed by atoms with Crippen LogP contribution in [0.3, 0.4) is 0 Å². The van der Waals surface area contributed by atoms with E-state index in [4.69, 9.17) is 5.73 Å². The number of carbonyl (C=O) groups excluding carboxylic acids is 2. The molecule has 2 amide bonds. The minimum atomic E-state index is -0.569. The van der Waals surface area contributed by atoms with Crippen LogP contribution in [-0.4, -0.2) is 58.9 Å². The zero-order valence-electron chi connectivity index (χ0n) is 21.5. The molecule has 1 aliphatic rings. The number of nitrogens with zero attached hydrogens (tertiary/aromatic N) is 4. The van der Waals surface area contributed by atoms with Crippen molar-refractivity contribution in [1.82, 2.24) is 14.9 Å². The van der Waals surface area contributed by atoms with Crippen LogP contribution in [0.2, 0.25) is 0 Å². The van der Waals surface area contributed by atoms with Gasteiger partial charge in [0.1, 0.15) is 0 Å². The van der Waals surface area contributed by atoms with E-state index in [1.807, 2.05) is 47.4 Å². The van der Waals surface area contributed by atoms with Crippen molar-refractivity contribution in [1.29, 1.82) is 0 Å². The number of carbonyl (C=O) groups is 2. The first-order valence-corrected chi connectivity index (χ1v) is 12.8. The molecule has 0 aliphatic carbocycles. The normalized spacial score (nSPS) is 14.2. The van der Waals surface area contributed by atoms with Crippen LogP contribution in [0, 0.1) is 0 Å². The van der Waals surface area contributed by atoms with E-state index >= 15 is 0 Å². The number of hydrogen-bond donors (Lipinski definition) is 3. The molecule has 9 nitrogen and oxygen atoms in total. The van der Waals surface area contributed by atoms with Gasteiger partial charge >= 0.3 is 0 Å². The molecule has 194 valence electrons. The van der Waals surface area contributed by atoms with Crippen LogP contribution < -0.4 is 21.3 Å². The summed E-state index contributed by atoms with van der Waals surface area (Å²) in [5.74, 6) is 0.540. The summed E-state index contributed by atoms with van der Waals surface area (Å²) in [5, 5.41) is 6.05. The summed E-state index contributed by atoms with van der Waals surface area (Å²) in [6, 6.07) is 16.9. The highest BCUT2D eigenvalue weighted by molar-refractivity contribution is 5.94. The molecule has 2 aromatic carbocycles. The van der Waals surface area contributed by atoms with Crippen LogP contribution in [0.4, 0.5) is 23.0 Å². The lowest BCUT2D eigenvalue weighted by Crippen LogP contribution is -2.48. The highest BCUT2D eigenvalue weighted by Crippen LogP contribution is 2.24. The Labute approximate surface area is 218 Å². The smallest absolute Gasteiger partial charge is 0.240 e. The van der Waals surface area contributed by atoms with Gasteiger partial charge in [-0.15, -0.1) is 0 Å². The van der Waals surface area contributed by atoms with Gasteiger partial charge in [-0.1, -0.05) is 25.5 Å².